The molecule has 0 aliphatic heterocycles. The van der Waals surface area contributed by atoms with E-state index < -0.39 is 0 Å². The molecule has 0 saturated carbocycles. The van der Waals surface area contributed by atoms with Crippen molar-refractivity contribution >= 4 is 11.0 Å². The summed E-state index contributed by atoms with van der Waals surface area (Å²) in [6.45, 7) is 0.760. The van der Waals surface area contributed by atoms with E-state index in [2.05, 4.69) is 30.3 Å². The molecule has 1 aromatic heterocycles. The van der Waals surface area contributed by atoms with Gasteiger partial charge in [-0.05, 0) is 49.1 Å². The van der Waals surface area contributed by atoms with Crippen molar-refractivity contribution in [1.29, 1.82) is 0 Å². The highest BCUT2D eigenvalue weighted by Crippen LogP contribution is 2.21. The van der Waals surface area contributed by atoms with E-state index in [4.69, 9.17) is 9.15 Å². The summed E-state index contributed by atoms with van der Waals surface area (Å²) < 4.78 is 11.1. The van der Waals surface area contributed by atoms with Gasteiger partial charge in [0.25, 0.3) is 0 Å². The van der Waals surface area contributed by atoms with Crippen molar-refractivity contribution in [2.24, 2.45) is 0 Å². The molecule has 0 radical (unpaired) electrons. The van der Waals surface area contributed by atoms with Crippen LogP contribution in [0.2, 0.25) is 0 Å². The Morgan fingerprint density at radius 3 is 2.70 bits per heavy atom. The van der Waals surface area contributed by atoms with Gasteiger partial charge < -0.3 is 9.15 Å². The fraction of sp³-hybridized carbons (Fsp3) is 0.222. The second kappa shape index (κ2) is 6.29. The summed E-state index contributed by atoms with van der Waals surface area (Å²) in [6, 6.07) is 18.5. The SMILES string of the molecule is c1ccc(CCCCOc2ccc3occc3c2)cc1. The summed E-state index contributed by atoms with van der Waals surface area (Å²) in [5, 5.41) is 1.09. The van der Waals surface area contributed by atoms with Crippen molar-refractivity contribution in [3.63, 3.8) is 0 Å². The Kier molecular flexibility index (Phi) is 4.02. The first-order valence-corrected chi connectivity index (χ1v) is 7.06. The molecule has 0 atom stereocenters. The molecule has 0 saturated heterocycles. The molecule has 3 rings (SSSR count). The summed E-state index contributed by atoms with van der Waals surface area (Å²) in [7, 11) is 0. The van der Waals surface area contributed by atoms with Gasteiger partial charge in [0.15, 0.2) is 0 Å². The van der Waals surface area contributed by atoms with Gasteiger partial charge in [0.2, 0.25) is 0 Å². The molecule has 0 fully saturated rings. The van der Waals surface area contributed by atoms with Gasteiger partial charge in [0.1, 0.15) is 11.3 Å². The normalized spacial score (nSPS) is 10.8. The first-order chi connectivity index (χ1) is 9.92. The van der Waals surface area contributed by atoms with Crippen molar-refractivity contribution in [3.05, 3.63) is 66.4 Å². The lowest BCUT2D eigenvalue weighted by Gasteiger charge is -2.06. The van der Waals surface area contributed by atoms with E-state index in [1.54, 1.807) is 6.26 Å². The number of fused-ring (bicyclic) bond motifs is 1. The molecule has 2 aromatic carbocycles. The molecule has 20 heavy (non-hydrogen) atoms. The molecular formula is C18H18O2. The maximum absolute atomic E-state index is 5.78. The third-order valence-corrected chi connectivity index (χ3v) is 3.40. The van der Waals surface area contributed by atoms with E-state index in [9.17, 15) is 0 Å². The predicted molar refractivity (Wildman–Crippen MR) is 81.1 cm³/mol. The largest absolute Gasteiger partial charge is 0.494 e. The number of hydrogen-bond donors (Lipinski definition) is 0. The van der Waals surface area contributed by atoms with Gasteiger partial charge >= 0.3 is 0 Å². The maximum atomic E-state index is 5.78. The van der Waals surface area contributed by atoms with Crippen LogP contribution in [0.25, 0.3) is 11.0 Å². The molecule has 0 aliphatic carbocycles. The summed E-state index contributed by atoms with van der Waals surface area (Å²) in [6.07, 6.45) is 5.04. The quantitative estimate of drug-likeness (QED) is 0.596. The Hall–Kier alpha value is -2.22. The minimum Gasteiger partial charge on any atom is -0.494 e. The number of furan rings is 1. The van der Waals surface area contributed by atoms with E-state index in [0.29, 0.717) is 0 Å². The minimum atomic E-state index is 0.760. The van der Waals surface area contributed by atoms with Crippen LogP contribution in [0.1, 0.15) is 18.4 Å². The number of ether oxygens (including phenoxy) is 1. The first-order valence-electron chi connectivity index (χ1n) is 7.06. The summed E-state index contributed by atoms with van der Waals surface area (Å²) in [5.74, 6) is 0.915. The van der Waals surface area contributed by atoms with Gasteiger partial charge in [-0.15, -0.1) is 0 Å². The lowest BCUT2D eigenvalue weighted by atomic mass is 10.1. The van der Waals surface area contributed by atoms with Gasteiger partial charge in [0.05, 0.1) is 12.9 Å². The minimum absolute atomic E-state index is 0.760. The molecule has 102 valence electrons. The van der Waals surface area contributed by atoms with Gasteiger partial charge in [0, 0.05) is 5.39 Å². The summed E-state index contributed by atoms with van der Waals surface area (Å²) in [5.41, 5.74) is 2.30. The van der Waals surface area contributed by atoms with Crippen molar-refractivity contribution in [1.82, 2.24) is 0 Å². The van der Waals surface area contributed by atoms with Crippen LogP contribution in [0.15, 0.2) is 65.3 Å². The van der Waals surface area contributed by atoms with Crippen molar-refractivity contribution in [2.75, 3.05) is 6.61 Å². The van der Waals surface area contributed by atoms with Gasteiger partial charge in [-0.25, -0.2) is 0 Å². The van der Waals surface area contributed by atoms with Crippen LogP contribution >= 0.6 is 0 Å². The first kappa shape index (κ1) is 12.8. The Labute approximate surface area is 119 Å². The molecule has 0 amide bonds. The zero-order valence-electron chi connectivity index (χ0n) is 11.4. The van der Waals surface area contributed by atoms with E-state index >= 15 is 0 Å². The Morgan fingerprint density at radius 1 is 0.900 bits per heavy atom. The molecule has 0 N–H and O–H groups in total. The molecule has 2 heteroatoms. The maximum Gasteiger partial charge on any atom is 0.134 e. The lowest BCUT2D eigenvalue weighted by Crippen LogP contribution is -1.98. The van der Waals surface area contributed by atoms with Crippen LogP contribution in [-0.4, -0.2) is 6.61 Å². The van der Waals surface area contributed by atoms with Crippen LogP contribution in [0.3, 0.4) is 0 Å². The van der Waals surface area contributed by atoms with Gasteiger partial charge in [-0.1, -0.05) is 30.3 Å². The van der Waals surface area contributed by atoms with Crippen LogP contribution < -0.4 is 4.74 Å². The lowest BCUT2D eigenvalue weighted by molar-refractivity contribution is 0.307. The monoisotopic (exact) mass is 266 g/mol. The zero-order valence-corrected chi connectivity index (χ0v) is 11.4. The molecule has 1 heterocycles. The molecule has 0 aliphatic rings. The van der Waals surface area contributed by atoms with Crippen LogP contribution in [0.5, 0.6) is 5.75 Å². The second-order valence-electron chi connectivity index (χ2n) is 4.91. The topological polar surface area (TPSA) is 22.4 Å². The van der Waals surface area contributed by atoms with Crippen LogP contribution in [0.4, 0.5) is 0 Å². The predicted octanol–water partition coefficient (Wildman–Crippen LogP) is 4.83. The van der Waals surface area contributed by atoms with E-state index in [1.165, 1.54) is 5.56 Å². The third-order valence-electron chi connectivity index (χ3n) is 3.40. The van der Waals surface area contributed by atoms with Crippen molar-refractivity contribution in [3.8, 4) is 5.75 Å². The fourth-order valence-corrected chi connectivity index (χ4v) is 2.30. The smallest absolute Gasteiger partial charge is 0.134 e. The molecule has 0 unspecified atom stereocenters. The van der Waals surface area contributed by atoms with E-state index in [1.807, 2.05) is 24.3 Å². The summed E-state index contributed by atoms with van der Waals surface area (Å²) in [4.78, 5) is 0. The average molecular weight is 266 g/mol. The number of aryl methyl sites for hydroxylation is 1. The van der Waals surface area contributed by atoms with Crippen molar-refractivity contribution in [2.45, 2.75) is 19.3 Å². The Bertz CT molecular complexity index is 655. The third kappa shape index (κ3) is 3.21. The summed E-state index contributed by atoms with van der Waals surface area (Å²) >= 11 is 0. The number of hydrogen-bond acceptors (Lipinski definition) is 2. The molecule has 2 nitrogen and oxygen atoms in total. The number of rotatable bonds is 6. The molecule has 3 aromatic rings. The fourth-order valence-electron chi connectivity index (χ4n) is 2.30. The highest BCUT2D eigenvalue weighted by molar-refractivity contribution is 5.78. The standard InChI is InChI=1S/C18H18O2/c1-2-6-15(7-3-1)8-4-5-12-19-17-9-10-18-16(14-17)11-13-20-18/h1-3,6-7,9-11,13-14H,4-5,8,12H2. The highest BCUT2D eigenvalue weighted by Gasteiger charge is 1.99. The van der Waals surface area contributed by atoms with Crippen LogP contribution in [-0.2, 0) is 6.42 Å². The average Bonchev–Trinajstić information content (AvgIpc) is 2.95. The molecule has 0 bridgehead atoms. The van der Waals surface area contributed by atoms with Gasteiger partial charge in [-0.2, -0.15) is 0 Å². The molecular weight excluding hydrogens is 248 g/mol. The second-order valence-corrected chi connectivity index (χ2v) is 4.91. The Morgan fingerprint density at radius 2 is 1.80 bits per heavy atom. The molecule has 0 spiro atoms. The van der Waals surface area contributed by atoms with Crippen LogP contribution in [0, 0.1) is 0 Å². The Balaban J connectivity index is 1.43. The zero-order chi connectivity index (χ0) is 13.6. The number of unbranched alkanes of at least 4 members (excludes halogenated alkanes) is 1. The van der Waals surface area contributed by atoms with E-state index in [-0.39, 0.29) is 0 Å². The highest BCUT2D eigenvalue weighted by atomic mass is 16.5. The van der Waals surface area contributed by atoms with Crippen molar-refractivity contribution < 1.29 is 9.15 Å². The number of benzene rings is 2. The van der Waals surface area contributed by atoms with E-state index in [0.717, 1.165) is 42.6 Å². The van der Waals surface area contributed by atoms with Gasteiger partial charge in [-0.3, -0.25) is 0 Å².